The third-order valence-corrected chi connectivity index (χ3v) is 5.63. The molecule has 5 nitrogen and oxygen atoms in total. The number of methoxy groups -OCH3 is 2. The highest BCUT2D eigenvalue weighted by Crippen LogP contribution is 2.51. The molecule has 4 rings (SSSR count). The highest BCUT2D eigenvalue weighted by molar-refractivity contribution is 5.88. The number of benzene rings is 4. The van der Waals surface area contributed by atoms with E-state index in [0.717, 1.165) is 11.6 Å². The molecule has 36 heavy (non-hydrogen) atoms. The number of hydrogen-bond donors (Lipinski definition) is 2. The van der Waals surface area contributed by atoms with Crippen molar-refractivity contribution in [2.75, 3.05) is 14.2 Å². The molecule has 0 saturated heterocycles. The van der Waals surface area contributed by atoms with E-state index >= 15 is 0 Å². The van der Waals surface area contributed by atoms with Crippen LogP contribution in [0.2, 0.25) is 0 Å². The molecule has 0 amide bonds. The summed E-state index contributed by atoms with van der Waals surface area (Å²) in [5, 5.41) is 20.7. The molecule has 0 aliphatic heterocycles. The first kappa shape index (κ1) is 24.8. The lowest BCUT2D eigenvalue weighted by molar-refractivity contribution is -0.139. The monoisotopic (exact) mass is 496 g/mol. The molecule has 0 fully saturated rings. The molecule has 0 aliphatic rings. The van der Waals surface area contributed by atoms with Gasteiger partial charge in [0.05, 0.1) is 25.3 Å². The van der Waals surface area contributed by atoms with Crippen molar-refractivity contribution in [2.24, 2.45) is 0 Å². The second-order valence-corrected chi connectivity index (χ2v) is 7.91. The molecule has 4 aromatic rings. The van der Waals surface area contributed by atoms with Gasteiger partial charge in [0.1, 0.15) is 23.9 Å². The van der Waals surface area contributed by atoms with Crippen LogP contribution in [-0.4, -0.2) is 24.4 Å². The summed E-state index contributed by atoms with van der Waals surface area (Å²) in [6.45, 7) is -0.0347. The first-order chi connectivity index (χ1) is 17.2. The zero-order chi connectivity index (χ0) is 25.9. The molecule has 8 heteroatoms. The Morgan fingerprint density at radius 2 is 1.42 bits per heavy atom. The molecule has 0 heterocycles. The quantitative estimate of drug-likeness (QED) is 0.287. The Morgan fingerprint density at radius 3 is 2.03 bits per heavy atom. The summed E-state index contributed by atoms with van der Waals surface area (Å²) in [6.07, 6.45) is -4.71. The number of aromatic hydroxyl groups is 2. The molecular formula is C28H23F3O5. The second kappa shape index (κ2) is 10.1. The third-order valence-electron chi connectivity index (χ3n) is 5.63. The van der Waals surface area contributed by atoms with Crippen LogP contribution in [0.5, 0.6) is 28.7 Å². The van der Waals surface area contributed by atoms with E-state index in [1.54, 1.807) is 48.5 Å². The Kier molecular flexibility index (Phi) is 6.96. The molecule has 4 aromatic carbocycles. The maximum absolute atomic E-state index is 14.0. The SMILES string of the molecule is COc1cc(-c2ccc(O)cc2)c(OC)c(O)c1-c1ccc(OCc2ccccc2)c(C(F)(F)F)c1. The van der Waals surface area contributed by atoms with Gasteiger partial charge >= 0.3 is 6.18 Å². The second-order valence-electron chi connectivity index (χ2n) is 7.91. The van der Waals surface area contributed by atoms with Crippen LogP contribution in [0.3, 0.4) is 0 Å². The van der Waals surface area contributed by atoms with Gasteiger partial charge in [-0.3, -0.25) is 0 Å². The molecular weight excluding hydrogens is 473 g/mol. The molecule has 0 aliphatic carbocycles. The van der Waals surface area contributed by atoms with Crippen molar-refractivity contribution in [3.63, 3.8) is 0 Å². The minimum atomic E-state index is -4.71. The van der Waals surface area contributed by atoms with Gasteiger partial charge < -0.3 is 24.4 Å². The summed E-state index contributed by atoms with van der Waals surface area (Å²) in [5.41, 5.74) is 0.888. The first-order valence-electron chi connectivity index (χ1n) is 10.9. The highest BCUT2D eigenvalue weighted by atomic mass is 19.4. The Hall–Kier alpha value is -4.33. The number of phenols is 2. The molecule has 0 atom stereocenters. The minimum Gasteiger partial charge on any atom is -0.508 e. The summed E-state index contributed by atoms with van der Waals surface area (Å²) < 4.78 is 58.4. The molecule has 2 N–H and O–H groups in total. The molecule has 0 aromatic heterocycles. The van der Waals surface area contributed by atoms with Crippen LogP contribution >= 0.6 is 0 Å². The lowest BCUT2D eigenvalue weighted by atomic mass is 9.95. The van der Waals surface area contributed by atoms with Crippen molar-refractivity contribution in [1.82, 2.24) is 0 Å². The Labute approximate surface area is 205 Å². The van der Waals surface area contributed by atoms with E-state index in [9.17, 15) is 23.4 Å². The van der Waals surface area contributed by atoms with Gasteiger partial charge in [-0.2, -0.15) is 13.2 Å². The van der Waals surface area contributed by atoms with Crippen LogP contribution < -0.4 is 14.2 Å². The van der Waals surface area contributed by atoms with Gasteiger partial charge in [-0.05, 0) is 47.0 Å². The van der Waals surface area contributed by atoms with E-state index in [2.05, 4.69) is 0 Å². The van der Waals surface area contributed by atoms with Gasteiger partial charge in [-0.25, -0.2) is 0 Å². The predicted molar refractivity (Wildman–Crippen MR) is 130 cm³/mol. The molecule has 0 radical (unpaired) electrons. The van der Waals surface area contributed by atoms with Gasteiger partial charge in [0, 0.05) is 5.56 Å². The third kappa shape index (κ3) is 5.02. The number of alkyl halides is 3. The van der Waals surface area contributed by atoms with E-state index in [-0.39, 0.29) is 46.5 Å². The standard InChI is InChI=1S/C28H23F3O5/c1-34-24-15-21(18-8-11-20(32)12-9-18)27(35-2)26(33)25(24)19-10-13-23(22(14-19)28(29,30)31)36-16-17-6-4-3-5-7-17/h3-15,32-33H,16H2,1-2H3. The van der Waals surface area contributed by atoms with E-state index in [0.29, 0.717) is 11.1 Å². The summed E-state index contributed by atoms with van der Waals surface area (Å²) >= 11 is 0. The van der Waals surface area contributed by atoms with Crippen molar-refractivity contribution >= 4 is 0 Å². The first-order valence-corrected chi connectivity index (χ1v) is 10.9. The predicted octanol–water partition coefficient (Wildman–Crippen LogP) is 7.05. The normalized spacial score (nSPS) is 11.2. The fourth-order valence-corrected chi connectivity index (χ4v) is 3.90. The topological polar surface area (TPSA) is 68.2 Å². The Balaban J connectivity index is 1.81. The van der Waals surface area contributed by atoms with E-state index < -0.39 is 11.7 Å². The summed E-state index contributed by atoms with van der Waals surface area (Å²) in [7, 11) is 2.70. The van der Waals surface area contributed by atoms with Crippen LogP contribution in [0.1, 0.15) is 11.1 Å². The smallest absolute Gasteiger partial charge is 0.419 e. The van der Waals surface area contributed by atoms with Crippen molar-refractivity contribution in [3.8, 4) is 51.0 Å². The van der Waals surface area contributed by atoms with E-state index in [1.165, 1.54) is 38.5 Å². The van der Waals surface area contributed by atoms with Crippen LogP contribution in [0.25, 0.3) is 22.3 Å². The fraction of sp³-hybridized carbons (Fsp3) is 0.143. The summed E-state index contributed by atoms with van der Waals surface area (Å²) in [4.78, 5) is 0. The van der Waals surface area contributed by atoms with Crippen LogP contribution in [0, 0.1) is 0 Å². The lowest BCUT2D eigenvalue weighted by Gasteiger charge is -2.20. The van der Waals surface area contributed by atoms with Crippen molar-refractivity contribution in [1.29, 1.82) is 0 Å². The van der Waals surface area contributed by atoms with Gasteiger partial charge in [0.15, 0.2) is 11.5 Å². The average molecular weight is 496 g/mol. The zero-order valence-corrected chi connectivity index (χ0v) is 19.5. The maximum atomic E-state index is 14.0. The van der Waals surface area contributed by atoms with Crippen molar-refractivity contribution in [3.05, 3.63) is 90.0 Å². The summed E-state index contributed by atoms with van der Waals surface area (Å²) in [6, 6.07) is 20.2. The lowest BCUT2D eigenvalue weighted by Crippen LogP contribution is -2.09. The van der Waals surface area contributed by atoms with E-state index in [1.807, 2.05) is 0 Å². The zero-order valence-electron chi connectivity index (χ0n) is 19.5. The largest absolute Gasteiger partial charge is 0.508 e. The number of hydrogen-bond acceptors (Lipinski definition) is 5. The van der Waals surface area contributed by atoms with Gasteiger partial charge in [-0.1, -0.05) is 48.5 Å². The van der Waals surface area contributed by atoms with Gasteiger partial charge in [0.2, 0.25) is 0 Å². The number of ether oxygens (including phenoxy) is 3. The van der Waals surface area contributed by atoms with Crippen LogP contribution in [0.15, 0.2) is 78.9 Å². The van der Waals surface area contributed by atoms with Crippen molar-refractivity contribution < 1.29 is 37.6 Å². The highest BCUT2D eigenvalue weighted by Gasteiger charge is 2.35. The van der Waals surface area contributed by atoms with E-state index in [4.69, 9.17) is 14.2 Å². The Bertz CT molecular complexity index is 1350. The van der Waals surface area contributed by atoms with Gasteiger partial charge in [0.25, 0.3) is 0 Å². The van der Waals surface area contributed by atoms with Crippen LogP contribution in [-0.2, 0) is 12.8 Å². The van der Waals surface area contributed by atoms with Crippen molar-refractivity contribution in [2.45, 2.75) is 12.8 Å². The molecule has 0 spiro atoms. The minimum absolute atomic E-state index is 0.0347. The number of phenolic OH excluding ortho intramolecular Hbond substituents is 2. The molecule has 0 saturated carbocycles. The Morgan fingerprint density at radius 1 is 0.750 bits per heavy atom. The fourth-order valence-electron chi connectivity index (χ4n) is 3.90. The molecule has 0 bridgehead atoms. The summed E-state index contributed by atoms with van der Waals surface area (Å²) in [5.74, 6) is -0.469. The van der Waals surface area contributed by atoms with Gasteiger partial charge in [-0.15, -0.1) is 0 Å². The molecule has 0 unspecified atom stereocenters. The average Bonchev–Trinajstić information content (AvgIpc) is 2.87. The number of rotatable bonds is 7. The maximum Gasteiger partial charge on any atom is 0.419 e. The molecule has 186 valence electrons. The number of halogens is 3. The van der Waals surface area contributed by atoms with Crippen LogP contribution in [0.4, 0.5) is 13.2 Å².